The molecule has 1 aromatic carbocycles. The van der Waals surface area contributed by atoms with E-state index in [-0.39, 0.29) is 12.4 Å². The van der Waals surface area contributed by atoms with Gasteiger partial charge in [0, 0.05) is 30.2 Å². The molecule has 0 aliphatic carbocycles. The van der Waals surface area contributed by atoms with Gasteiger partial charge in [0.15, 0.2) is 5.13 Å². The van der Waals surface area contributed by atoms with Gasteiger partial charge in [-0.2, -0.15) is 0 Å². The summed E-state index contributed by atoms with van der Waals surface area (Å²) in [4.78, 5) is 7.60. The van der Waals surface area contributed by atoms with Gasteiger partial charge in [-0.15, -0.1) is 23.7 Å². The number of aromatic nitrogens is 1. The highest BCUT2D eigenvalue weighted by atomic mass is 35.5. The molecule has 7 heteroatoms. The molecule has 0 radical (unpaired) electrons. The minimum absolute atomic E-state index is 0. The molecule has 1 aromatic heterocycles. The average molecular weight is 367 g/mol. The minimum atomic E-state index is 0. The van der Waals surface area contributed by atoms with Crippen LogP contribution in [0.1, 0.15) is 24.3 Å². The first kappa shape index (κ1) is 18.5. The molecule has 0 fully saturated rings. The molecule has 21 heavy (non-hydrogen) atoms. The summed E-state index contributed by atoms with van der Waals surface area (Å²) in [6, 6.07) is 6.17. The number of nitrogen functional groups attached to an aromatic ring is 1. The van der Waals surface area contributed by atoms with Crippen molar-refractivity contribution in [2.75, 3.05) is 5.73 Å². The third-order valence-electron chi connectivity index (χ3n) is 3.03. The third kappa shape index (κ3) is 5.31. The van der Waals surface area contributed by atoms with Crippen molar-refractivity contribution >= 4 is 52.1 Å². The zero-order valence-electron chi connectivity index (χ0n) is 11.8. The zero-order valence-corrected chi connectivity index (χ0v) is 15.0. The van der Waals surface area contributed by atoms with E-state index < -0.39 is 0 Å². The lowest BCUT2D eigenvalue weighted by Crippen LogP contribution is -2.29. The fourth-order valence-corrected chi connectivity index (χ4v) is 2.92. The average Bonchev–Trinajstić information content (AvgIpc) is 2.78. The Labute approximate surface area is 145 Å². The van der Waals surface area contributed by atoms with Gasteiger partial charge in [0.2, 0.25) is 0 Å². The minimum Gasteiger partial charge on any atom is -0.375 e. The Morgan fingerprint density at radius 1 is 1.24 bits per heavy atom. The van der Waals surface area contributed by atoms with Gasteiger partial charge in [0.25, 0.3) is 0 Å². The van der Waals surface area contributed by atoms with E-state index in [1.54, 1.807) is 0 Å². The summed E-state index contributed by atoms with van der Waals surface area (Å²) in [5, 5.41) is 1.79. The van der Waals surface area contributed by atoms with Crippen LogP contribution in [-0.2, 0) is 13.1 Å². The molecular formula is C14H18Cl3N3S. The van der Waals surface area contributed by atoms with Crippen LogP contribution in [0.25, 0.3) is 0 Å². The number of rotatable bonds is 5. The number of anilines is 1. The van der Waals surface area contributed by atoms with Crippen LogP contribution in [0.2, 0.25) is 10.0 Å². The number of nitrogens with zero attached hydrogens (tertiary/aromatic N) is 2. The molecule has 0 bridgehead atoms. The second-order valence-corrected chi connectivity index (χ2v) is 6.87. The molecule has 0 amide bonds. The fraction of sp³-hybridized carbons (Fsp3) is 0.357. The number of hydrogen-bond donors (Lipinski definition) is 1. The van der Waals surface area contributed by atoms with Crippen molar-refractivity contribution in [2.45, 2.75) is 33.0 Å². The van der Waals surface area contributed by atoms with Crippen LogP contribution in [0.5, 0.6) is 0 Å². The molecule has 0 spiro atoms. The van der Waals surface area contributed by atoms with Crippen molar-refractivity contribution in [1.82, 2.24) is 9.88 Å². The summed E-state index contributed by atoms with van der Waals surface area (Å²) < 4.78 is 0. The lowest BCUT2D eigenvalue weighted by molar-refractivity contribution is 0.205. The van der Waals surface area contributed by atoms with Gasteiger partial charge in [-0.3, -0.25) is 4.90 Å². The first-order valence-electron chi connectivity index (χ1n) is 6.34. The molecule has 0 unspecified atom stereocenters. The van der Waals surface area contributed by atoms with Crippen molar-refractivity contribution in [1.29, 1.82) is 0 Å². The summed E-state index contributed by atoms with van der Waals surface area (Å²) in [6.07, 6.45) is 1.84. The van der Waals surface area contributed by atoms with Gasteiger partial charge in [0.05, 0.1) is 10.0 Å². The molecule has 2 N–H and O–H groups in total. The zero-order chi connectivity index (χ0) is 14.7. The van der Waals surface area contributed by atoms with Crippen LogP contribution < -0.4 is 5.73 Å². The Kier molecular flexibility index (Phi) is 7.24. The molecule has 1 heterocycles. The Hall–Kier alpha value is -0.520. The van der Waals surface area contributed by atoms with Crippen molar-refractivity contribution in [3.8, 4) is 0 Å². The first-order chi connectivity index (χ1) is 9.45. The number of nitrogens with two attached hydrogens (primary N) is 1. The Bertz CT molecular complexity index is 587. The number of hydrogen-bond acceptors (Lipinski definition) is 4. The standard InChI is InChI=1S/C14H17Cl2N3S.ClH/c1-9(2)19(8-11-6-18-14(17)20-11)7-10-3-4-12(15)13(16)5-10;/h3-6,9H,7-8H2,1-2H3,(H2,17,18);1H. The second-order valence-electron chi connectivity index (χ2n) is 4.91. The molecule has 3 nitrogen and oxygen atoms in total. The Balaban J connectivity index is 0.00000220. The summed E-state index contributed by atoms with van der Waals surface area (Å²) in [5.41, 5.74) is 6.82. The highest BCUT2D eigenvalue weighted by Crippen LogP contribution is 2.25. The van der Waals surface area contributed by atoms with Crippen LogP contribution in [-0.4, -0.2) is 15.9 Å². The predicted molar refractivity (Wildman–Crippen MR) is 94.6 cm³/mol. The Morgan fingerprint density at radius 3 is 2.48 bits per heavy atom. The van der Waals surface area contributed by atoms with E-state index in [1.807, 2.05) is 24.4 Å². The third-order valence-corrected chi connectivity index (χ3v) is 4.58. The summed E-state index contributed by atoms with van der Waals surface area (Å²) in [7, 11) is 0. The lowest BCUT2D eigenvalue weighted by atomic mass is 10.2. The molecule has 0 aliphatic heterocycles. The number of benzene rings is 1. The molecule has 0 atom stereocenters. The van der Waals surface area contributed by atoms with Gasteiger partial charge >= 0.3 is 0 Å². The van der Waals surface area contributed by atoms with E-state index in [2.05, 4.69) is 23.7 Å². The topological polar surface area (TPSA) is 42.2 Å². The first-order valence-corrected chi connectivity index (χ1v) is 7.91. The molecular weight excluding hydrogens is 349 g/mol. The Morgan fingerprint density at radius 2 is 1.95 bits per heavy atom. The van der Waals surface area contributed by atoms with Crippen LogP contribution >= 0.6 is 46.9 Å². The molecule has 116 valence electrons. The maximum Gasteiger partial charge on any atom is 0.180 e. The van der Waals surface area contributed by atoms with Crippen LogP contribution in [0.4, 0.5) is 5.13 Å². The van der Waals surface area contributed by atoms with Crippen molar-refractivity contribution in [3.63, 3.8) is 0 Å². The smallest absolute Gasteiger partial charge is 0.180 e. The molecule has 0 aliphatic rings. The number of halogens is 3. The van der Waals surface area contributed by atoms with E-state index >= 15 is 0 Å². The van der Waals surface area contributed by atoms with Crippen molar-refractivity contribution in [3.05, 3.63) is 44.9 Å². The van der Waals surface area contributed by atoms with E-state index in [9.17, 15) is 0 Å². The van der Waals surface area contributed by atoms with Gasteiger partial charge in [0.1, 0.15) is 0 Å². The molecule has 0 saturated carbocycles. The lowest BCUT2D eigenvalue weighted by Gasteiger charge is -2.26. The van der Waals surface area contributed by atoms with Gasteiger partial charge in [-0.05, 0) is 31.5 Å². The highest BCUT2D eigenvalue weighted by molar-refractivity contribution is 7.15. The van der Waals surface area contributed by atoms with E-state index in [1.165, 1.54) is 11.3 Å². The van der Waals surface area contributed by atoms with E-state index in [4.69, 9.17) is 28.9 Å². The number of thiazole rings is 1. The van der Waals surface area contributed by atoms with Crippen LogP contribution in [0.3, 0.4) is 0 Å². The summed E-state index contributed by atoms with van der Waals surface area (Å²) in [6.45, 7) is 5.98. The maximum absolute atomic E-state index is 6.07. The van der Waals surface area contributed by atoms with Crippen molar-refractivity contribution in [2.24, 2.45) is 0 Å². The second kappa shape index (κ2) is 8.20. The summed E-state index contributed by atoms with van der Waals surface area (Å²) >= 11 is 13.5. The summed E-state index contributed by atoms with van der Waals surface area (Å²) in [5.74, 6) is 0. The van der Waals surface area contributed by atoms with Crippen LogP contribution in [0, 0.1) is 0 Å². The van der Waals surface area contributed by atoms with E-state index in [0.29, 0.717) is 21.2 Å². The molecule has 2 rings (SSSR count). The van der Waals surface area contributed by atoms with Crippen LogP contribution in [0.15, 0.2) is 24.4 Å². The van der Waals surface area contributed by atoms with Gasteiger partial charge in [-0.25, -0.2) is 4.98 Å². The van der Waals surface area contributed by atoms with Crippen molar-refractivity contribution < 1.29 is 0 Å². The van der Waals surface area contributed by atoms with Gasteiger partial charge in [-0.1, -0.05) is 29.3 Å². The highest BCUT2D eigenvalue weighted by Gasteiger charge is 2.13. The quantitative estimate of drug-likeness (QED) is 0.821. The predicted octanol–water partition coefficient (Wildman–Crippen LogP) is 4.86. The SMILES string of the molecule is CC(C)N(Cc1ccc(Cl)c(Cl)c1)Cc1cnc(N)s1.Cl. The normalized spacial score (nSPS) is 11.0. The molecule has 0 saturated heterocycles. The van der Waals surface area contributed by atoms with Gasteiger partial charge < -0.3 is 5.73 Å². The largest absolute Gasteiger partial charge is 0.375 e. The van der Waals surface area contributed by atoms with E-state index in [0.717, 1.165) is 23.5 Å². The maximum atomic E-state index is 6.07. The monoisotopic (exact) mass is 365 g/mol. The molecule has 2 aromatic rings. The fourth-order valence-electron chi connectivity index (χ4n) is 1.89.